The van der Waals surface area contributed by atoms with Crippen LogP contribution in [0.25, 0.3) is 0 Å². The van der Waals surface area contributed by atoms with E-state index in [4.69, 9.17) is 11.6 Å². The molecular weight excluding hydrogens is 250 g/mol. The van der Waals surface area contributed by atoms with Crippen LogP contribution in [0.4, 0.5) is 0 Å². The molecule has 2 aromatic rings. The first-order valence-corrected chi connectivity index (χ1v) is 5.88. The lowest BCUT2D eigenvalue weighted by atomic mass is 10.2. The lowest BCUT2D eigenvalue weighted by Gasteiger charge is -2.13. The van der Waals surface area contributed by atoms with Gasteiger partial charge in [0.1, 0.15) is 5.15 Å². The smallest absolute Gasteiger partial charge is 0.251 e. The van der Waals surface area contributed by atoms with Crippen LogP contribution in [0.2, 0.25) is 5.15 Å². The molecule has 0 spiro atoms. The summed E-state index contributed by atoms with van der Waals surface area (Å²) in [6, 6.07) is 8.57. The fraction of sp³-hybridized carbons (Fsp3) is 0.154. The van der Waals surface area contributed by atoms with Gasteiger partial charge in [0.25, 0.3) is 5.91 Å². The minimum absolute atomic E-state index is 0.161. The minimum atomic E-state index is -0.197. The van der Waals surface area contributed by atoms with Gasteiger partial charge in [-0.3, -0.25) is 9.78 Å². The maximum Gasteiger partial charge on any atom is 0.251 e. The van der Waals surface area contributed by atoms with Crippen LogP contribution in [0.5, 0.6) is 0 Å². The van der Waals surface area contributed by atoms with Crippen molar-refractivity contribution in [1.82, 2.24) is 15.3 Å². The number of aromatic nitrogens is 2. The third-order valence-corrected chi connectivity index (χ3v) is 2.67. The van der Waals surface area contributed by atoms with Crippen molar-refractivity contribution in [1.29, 1.82) is 0 Å². The topological polar surface area (TPSA) is 54.9 Å². The van der Waals surface area contributed by atoms with E-state index in [1.807, 2.05) is 25.1 Å². The van der Waals surface area contributed by atoms with Crippen molar-refractivity contribution in [3.05, 3.63) is 59.1 Å². The predicted octanol–water partition coefficient (Wildman–Crippen LogP) is 2.62. The number of halogens is 1. The molecule has 92 valence electrons. The lowest BCUT2D eigenvalue weighted by molar-refractivity contribution is 0.0939. The molecule has 4 nitrogen and oxygen atoms in total. The zero-order valence-electron chi connectivity index (χ0n) is 9.80. The quantitative estimate of drug-likeness (QED) is 0.864. The second kappa shape index (κ2) is 5.60. The summed E-state index contributed by atoms with van der Waals surface area (Å²) < 4.78 is 0. The molecule has 2 aromatic heterocycles. The van der Waals surface area contributed by atoms with E-state index in [0.717, 1.165) is 5.69 Å². The summed E-state index contributed by atoms with van der Waals surface area (Å²) in [7, 11) is 0. The van der Waals surface area contributed by atoms with Gasteiger partial charge in [-0.25, -0.2) is 4.98 Å². The monoisotopic (exact) mass is 261 g/mol. The molecular formula is C13H12ClN3O. The molecule has 1 unspecified atom stereocenters. The molecule has 0 aliphatic heterocycles. The summed E-state index contributed by atoms with van der Waals surface area (Å²) >= 11 is 5.74. The normalized spacial score (nSPS) is 11.9. The number of amides is 1. The zero-order valence-corrected chi connectivity index (χ0v) is 10.6. The van der Waals surface area contributed by atoms with Crippen molar-refractivity contribution in [2.45, 2.75) is 13.0 Å². The molecule has 0 aliphatic rings. The Bertz CT molecular complexity index is 545. The van der Waals surface area contributed by atoms with Crippen molar-refractivity contribution in [3.8, 4) is 0 Å². The van der Waals surface area contributed by atoms with Gasteiger partial charge >= 0.3 is 0 Å². The second-order valence-electron chi connectivity index (χ2n) is 3.82. The number of carbonyl (C=O) groups excluding carboxylic acids is 1. The van der Waals surface area contributed by atoms with Gasteiger partial charge in [0, 0.05) is 18.0 Å². The average Bonchev–Trinajstić information content (AvgIpc) is 2.39. The summed E-state index contributed by atoms with van der Waals surface area (Å²) in [5, 5.41) is 3.15. The van der Waals surface area contributed by atoms with E-state index in [0.29, 0.717) is 10.7 Å². The van der Waals surface area contributed by atoms with Crippen LogP contribution in [0, 0.1) is 0 Å². The molecule has 1 atom stereocenters. The van der Waals surface area contributed by atoms with Gasteiger partial charge < -0.3 is 5.32 Å². The van der Waals surface area contributed by atoms with Crippen LogP contribution in [-0.2, 0) is 0 Å². The number of nitrogens with one attached hydrogen (secondary N) is 1. The summed E-state index contributed by atoms with van der Waals surface area (Å²) in [6.45, 7) is 1.88. The highest BCUT2D eigenvalue weighted by Gasteiger charge is 2.12. The van der Waals surface area contributed by atoms with Crippen LogP contribution >= 0.6 is 11.6 Å². The maximum atomic E-state index is 12.0. The fourth-order valence-electron chi connectivity index (χ4n) is 1.53. The third-order valence-electron chi connectivity index (χ3n) is 2.47. The Labute approximate surface area is 110 Å². The number of pyridine rings is 2. The van der Waals surface area contributed by atoms with E-state index in [9.17, 15) is 4.79 Å². The highest BCUT2D eigenvalue weighted by Crippen LogP contribution is 2.11. The van der Waals surface area contributed by atoms with Crippen molar-refractivity contribution in [3.63, 3.8) is 0 Å². The summed E-state index contributed by atoms with van der Waals surface area (Å²) in [6.07, 6.45) is 3.20. The summed E-state index contributed by atoms with van der Waals surface area (Å²) in [5.41, 5.74) is 1.30. The highest BCUT2D eigenvalue weighted by atomic mass is 35.5. The minimum Gasteiger partial charge on any atom is -0.344 e. The van der Waals surface area contributed by atoms with Crippen LogP contribution in [0.15, 0.2) is 42.7 Å². The van der Waals surface area contributed by atoms with E-state index in [2.05, 4.69) is 15.3 Å². The van der Waals surface area contributed by atoms with Crippen LogP contribution in [0.3, 0.4) is 0 Å². The Kier molecular flexibility index (Phi) is 3.89. The van der Waals surface area contributed by atoms with E-state index < -0.39 is 0 Å². The van der Waals surface area contributed by atoms with Gasteiger partial charge in [0.05, 0.1) is 11.7 Å². The summed E-state index contributed by atoms with van der Waals surface area (Å²) in [5.74, 6) is -0.197. The molecule has 18 heavy (non-hydrogen) atoms. The number of hydrogen-bond acceptors (Lipinski definition) is 3. The largest absolute Gasteiger partial charge is 0.344 e. The number of rotatable bonds is 3. The van der Waals surface area contributed by atoms with Crippen LogP contribution < -0.4 is 5.32 Å². The standard InChI is InChI=1S/C13H12ClN3O/c1-9(11-4-2-3-6-15-11)17-13(18)10-5-7-16-12(14)8-10/h2-9H,1H3,(H,17,18). The molecule has 0 aromatic carbocycles. The molecule has 2 rings (SSSR count). The van der Waals surface area contributed by atoms with E-state index in [1.165, 1.54) is 12.3 Å². The Morgan fingerprint density at radius 3 is 2.78 bits per heavy atom. The van der Waals surface area contributed by atoms with E-state index in [1.54, 1.807) is 12.3 Å². The van der Waals surface area contributed by atoms with Gasteiger partial charge in [-0.1, -0.05) is 17.7 Å². The molecule has 2 heterocycles. The molecule has 0 saturated heterocycles. The van der Waals surface area contributed by atoms with E-state index in [-0.39, 0.29) is 11.9 Å². The molecule has 1 amide bonds. The molecule has 0 fully saturated rings. The SMILES string of the molecule is CC(NC(=O)c1ccnc(Cl)c1)c1ccccn1. The first-order valence-electron chi connectivity index (χ1n) is 5.50. The van der Waals surface area contributed by atoms with Crippen molar-refractivity contribution in [2.24, 2.45) is 0 Å². The van der Waals surface area contributed by atoms with Gasteiger partial charge in [-0.15, -0.1) is 0 Å². The van der Waals surface area contributed by atoms with Crippen molar-refractivity contribution in [2.75, 3.05) is 0 Å². The molecule has 0 radical (unpaired) electrons. The molecule has 0 aliphatic carbocycles. The zero-order chi connectivity index (χ0) is 13.0. The van der Waals surface area contributed by atoms with Crippen LogP contribution in [-0.4, -0.2) is 15.9 Å². The molecule has 5 heteroatoms. The van der Waals surface area contributed by atoms with E-state index >= 15 is 0 Å². The van der Waals surface area contributed by atoms with Crippen molar-refractivity contribution >= 4 is 17.5 Å². The Hall–Kier alpha value is -1.94. The second-order valence-corrected chi connectivity index (χ2v) is 4.20. The first-order chi connectivity index (χ1) is 8.66. The number of hydrogen-bond donors (Lipinski definition) is 1. The first kappa shape index (κ1) is 12.5. The highest BCUT2D eigenvalue weighted by molar-refractivity contribution is 6.29. The Balaban J connectivity index is 2.08. The average molecular weight is 262 g/mol. The Morgan fingerprint density at radius 1 is 1.28 bits per heavy atom. The van der Waals surface area contributed by atoms with Gasteiger partial charge in [0.15, 0.2) is 0 Å². The van der Waals surface area contributed by atoms with Gasteiger partial charge in [0.2, 0.25) is 0 Å². The molecule has 1 N–H and O–H groups in total. The van der Waals surface area contributed by atoms with Gasteiger partial charge in [-0.2, -0.15) is 0 Å². The fourth-order valence-corrected chi connectivity index (χ4v) is 1.70. The van der Waals surface area contributed by atoms with Crippen LogP contribution in [0.1, 0.15) is 29.0 Å². The molecule has 0 saturated carbocycles. The third kappa shape index (κ3) is 3.05. The van der Waals surface area contributed by atoms with Crippen molar-refractivity contribution < 1.29 is 4.79 Å². The Morgan fingerprint density at radius 2 is 2.11 bits per heavy atom. The predicted molar refractivity (Wildman–Crippen MR) is 69.4 cm³/mol. The number of carbonyl (C=O) groups is 1. The molecule has 0 bridgehead atoms. The van der Waals surface area contributed by atoms with Gasteiger partial charge in [-0.05, 0) is 31.2 Å². The number of nitrogens with zero attached hydrogens (tertiary/aromatic N) is 2. The lowest BCUT2D eigenvalue weighted by Crippen LogP contribution is -2.27. The maximum absolute atomic E-state index is 12.0. The summed E-state index contributed by atoms with van der Waals surface area (Å²) in [4.78, 5) is 20.0.